The number of ether oxygens (including phenoxy) is 1. The van der Waals surface area contributed by atoms with E-state index in [1.54, 1.807) is 12.1 Å². The number of phenolic OH excluding ortho intramolecular Hbond substituents is 1. The lowest BCUT2D eigenvalue weighted by Crippen LogP contribution is -2.70. The number of aliphatic carboxylic acids is 1. The number of piperidine rings is 1. The fourth-order valence-corrected chi connectivity index (χ4v) is 9.55. The third-order valence-electron chi connectivity index (χ3n) is 9.37. The topological polar surface area (TPSA) is 124 Å². The number of rotatable bonds is 8. The largest absolute Gasteiger partial charge is 0.504 e. The monoisotopic (exact) mass is 597 g/mol. The van der Waals surface area contributed by atoms with Crippen LogP contribution in [0.3, 0.4) is 0 Å². The molecule has 8 nitrogen and oxygen atoms in total. The molecule has 218 valence electrons. The van der Waals surface area contributed by atoms with Gasteiger partial charge >= 0.3 is 11.9 Å². The van der Waals surface area contributed by atoms with Crippen LogP contribution >= 0.6 is 22.7 Å². The van der Waals surface area contributed by atoms with Crippen LogP contribution in [0.1, 0.15) is 66.3 Å². The van der Waals surface area contributed by atoms with E-state index in [1.165, 1.54) is 35.5 Å². The van der Waals surface area contributed by atoms with E-state index in [1.807, 2.05) is 26.0 Å². The first-order chi connectivity index (χ1) is 19.5. The molecule has 6 rings (SSSR count). The maximum atomic E-state index is 13.0. The minimum atomic E-state index is -1.21. The van der Waals surface area contributed by atoms with Crippen molar-refractivity contribution < 1.29 is 34.4 Å². The molecule has 2 aliphatic carbocycles. The Morgan fingerprint density at radius 3 is 2.44 bits per heavy atom. The van der Waals surface area contributed by atoms with Crippen molar-refractivity contribution in [1.82, 2.24) is 4.90 Å². The predicted molar refractivity (Wildman–Crippen MR) is 157 cm³/mol. The van der Waals surface area contributed by atoms with Crippen molar-refractivity contribution in [2.75, 3.05) is 13.1 Å². The summed E-state index contributed by atoms with van der Waals surface area (Å²) >= 11 is 2.82. The summed E-state index contributed by atoms with van der Waals surface area (Å²) in [5.41, 5.74) is -0.904. The number of carbonyl (C=O) groups is 3. The standard InChI is InChI=1S/C31H35NO7S2/c1-17-3-6-23(39-27(36)14-22-12-25-24(41-22)11-21(40-25)13-26(34)35)29(37)28(17)30-9-10-32(16-19-4-5-19)18(2)31(30,38)8-7-20(33)15-30/h3,6,11-12,18-19,37-38H,4-5,7-10,13-16H2,1-2H3,(H,34,35)/t18?,30-,31?/m1/s1. The molecule has 3 heterocycles. The lowest BCUT2D eigenvalue weighted by Gasteiger charge is -2.60. The highest BCUT2D eigenvalue weighted by molar-refractivity contribution is 7.27. The van der Waals surface area contributed by atoms with E-state index in [0.29, 0.717) is 30.7 Å². The molecule has 0 radical (unpaired) electrons. The van der Waals surface area contributed by atoms with Gasteiger partial charge < -0.3 is 20.1 Å². The van der Waals surface area contributed by atoms with Gasteiger partial charge in [-0.15, -0.1) is 22.7 Å². The zero-order valence-electron chi connectivity index (χ0n) is 23.3. The molecule has 3 atom stereocenters. The lowest BCUT2D eigenvalue weighted by atomic mass is 9.53. The molecule has 3 aromatic rings. The Morgan fingerprint density at radius 1 is 1.10 bits per heavy atom. The average Bonchev–Trinajstić information content (AvgIpc) is 3.54. The van der Waals surface area contributed by atoms with Crippen LogP contribution in [0.5, 0.6) is 11.5 Å². The summed E-state index contributed by atoms with van der Waals surface area (Å²) < 4.78 is 7.55. The molecule has 3 fully saturated rings. The highest BCUT2D eigenvalue weighted by Crippen LogP contribution is 2.57. The lowest BCUT2D eigenvalue weighted by molar-refractivity contribution is -0.165. The van der Waals surface area contributed by atoms with Crippen LogP contribution in [0.25, 0.3) is 9.40 Å². The fraction of sp³-hybridized carbons (Fsp3) is 0.516. The van der Waals surface area contributed by atoms with Crippen molar-refractivity contribution in [1.29, 1.82) is 0 Å². The second-order valence-electron chi connectivity index (χ2n) is 12.1. The summed E-state index contributed by atoms with van der Waals surface area (Å²) in [6.45, 7) is 5.57. The number of carboxylic acid groups (broad SMARTS) is 1. The Labute approximate surface area is 246 Å². The van der Waals surface area contributed by atoms with Crippen LogP contribution in [-0.2, 0) is 32.6 Å². The van der Waals surface area contributed by atoms with Crippen LogP contribution in [0.15, 0.2) is 24.3 Å². The van der Waals surface area contributed by atoms with Gasteiger partial charge in [0.2, 0.25) is 0 Å². The van der Waals surface area contributed by atoms with Gasteiger partial charge in [-0.25, -0.2) is 0 Å². The molecular formula is C31H35NO7S2. The Balaban J connectivity index is 1.27. The molecule has 10 heteroatoms. The molecule has 0 spiro atoms. The molecule has 41 heavy (non-hydrogen) atoms. The van der Waals surface area contributed by atoms with E-state index in [9.17, 15) is 24.6 Å². The summed E-state index contributed by atoms with van der Waals surface area (Å²) in [5.74, 6) is -0.825. The zero-order chi connectivity index (χ0) is 29.1. The Kier molecular flexibility index (Phi) is 7.25. The second-order valence-corrected chi connectivity index (χ2v) is 14.4. The highest BCUT2D eigenvalue weighted by atomic mass is 32.1. The third-order valence-corrected chi connectivity index (χ3v) is 11.7. The van der Waals surface area contributed by atoms with Crippen LogP contribution in [0, 0.1) is 12.8 Å². The number of likely N-dealkylation sites (tertiary alicyclic amines) is 1. The fourth-order valence-electron chi connectivity index (χ4n) is 7.12. The minimum Gasteiger partial charge on any atom is -0.504 e. The Morgan fingerprint density at radius 2 is 1.78 bits per heavy atom. The number of nitrogens with zero attached hydrogens (tertiary/aromatic N) is 1. The van der Waals surface area contributed by atoms with Gasteiger partial charge in [0, 0.05) is 55.6 Å². The van der Waals surface area contributed by atoms with Gasteiger partial charge in [0.15, 0.2) is 11.5 Å². The number of aryl methyl sites for hydroxylation is 1. The molecule has 2 unspecified atom stereocenters. The summed E-state index contributed by atoms with van der Waals surface area (Å²) in [6.07, 6.45) is 3.73. The smallest absolute Gasteiger partial charge is 0.316 e. The number of hydrogen-bond acceptors (Lipinski definition) is 9. The van der Waals surface area contributed by atoms with Gasteiger partial charge in [-0.1, -0.05) is 6.07 Å². The van der Waals surface area contributed by atoms with Crippen molar-refractivity contribution in [3.8, 4) is 11.5 Å². The van der Waals surface area contributed by atoms with E-state index >= 15 is 0 Å². The number of aromatic hydroxyl groups is 1. The molecule has 1 aromatic carbocycles. The van der Waals surface area contributed by atoms with Gasteiger partial charge in [-0.05, 0) is 75.8 Å². The number of aliphatic hydroxyl groups is 1. The van der Waals surface area contributed by atoms with Crippen molar-refractivity contribution in [2.24, 2.45) is 5.92 Å². The summed E-state index contributed by atoms with van der Waals surface area (Å²) in [6, 6.07) is 6.90. The number of thiophene rings is 2. The van der Waals surface area contributed by atoms with Gasteiger partial charge in [-0.3, -0.25) is 19.3 Å². The van der Waals surface area contributed by atoms with E-state index in [-0.39, 0.29) is 42.6 Å². The van der Waals surface area contributed by atoms with E-state index in [0.717, 1.165) is 37.8 Å². The van der Waals surface area contributed by atoms with E-state index in [2.05, 4.69) is 4.90 Å². The van der Waals surface area contributed by atoms with Crippen molar-refractivity contribution >= 4 is 49.8 Å². The number of esters is 1. The summed E-state index contributed by atoms with van der Waals surface area (Å²) in [4.78, 5) is 40.8. The van der Waals surface area contributed by atoms with Crippen molar-refractivity contribution in [3.63, 3.8) is 0 Å². The van der Waals surface area contributed by atoms with E-state index in [4.69, 9.17) is 9.84 Å². The maximum Gasteiger partial charge on any atom is 0.316 e. The number of fused-ring (bicyclic) bond motifs is 2. The maximum absolute atomic E-state index is 13.0. The number of carbonyl (C=O) groups excluding carboxylic acids is 2. The van der Waals surface area contributed by atoms with Crippen LogP contribution in [-0.4, -0.2) is 62.7 Å². The number of hydrogen-bond donors (Lipinski definition) is 3. The average molecular weight is 598 g/mol. The van der Waals surface area contributed by atoms with Gasteiger partial charge in [-0.2, -0.15) is 0 Å². The second kappa shape index (κ2) is 10.5. The third kappa shape index (κ3) is 5.09. The van der Waals surface area contributed by atoms with Crippen LogP contribution in [0.4, 0.5) is 0 Å². The number of carboxylic acids is 1. The molecule has 3 N–H and O–H groups in total. The molecular weight excluding hydrogens is 562 g/mol. The first-order valence-corrected chi connectivity index (χ1v) is 15.9. The first-order valence-electron chi connectivity index (χ1n) is 14.2. The normalized spacial score (nSPS) is 26.7. The Bertz CT molecular complexity index is 1510. The van der Waals surface area contributed by atoms with Gasteiger partial charge in [0.25, 0.3) is 0 Å². The molecule has 3 aliphatic rings. The van der Waals surface area contributed by atoms with Crippen molar-refractivity contribution in [2.45, 2.75) is 82.3 Å². The molecule has 1 aliphatic heterocycles. The molecule has 2 aromatic heterocycles. The Hall–Kier alpha value is -2.79. The summed E-state index contributed by atoms with van der Waals surface area (Å²) in [7, 11) is 0. The number of phenols is 1. The van der Waals surface area contributed by atoms with Gasteiger partial charge in [0.1, 0.15) is 5.78 Å². The minimum absolute atomic E-state index is 0.00368. The molecule has 1 saturated heterocycles. The highest BCUT2D eigenvalue weighted by Gasteiger charge is 2.62. The quantitative estimate of drug-likeness (QED) is 0.245. The number of benzene rings is 1. The van der Waals surface area contributed by atoms with E-state index < -0.39 is 23.0 Å². The number of Topliss-reactive ketones (excluding diaryl/α,β-unsaturated/α-hetero) is 1. The SMILES string of the molecule is Cc1ccc(OC(=O)Cc2cc3sc(CC(=O)O)cc3s2)c(O)c1[C@]12CCN(CC3CC3)C(C)C1(O)CCC(=O)C2. The summed E-state index contributed by atoms with van der Waals surface area (Å²) in [5, 5.41) is 33.0. The zero-order valence-corrected chi connectivity index (χ0v) is 24.9. The molecule has 0 bridgehead atoms. The number of ketones is 1. The van der Waals surface area contributed by atoms with Crippen LogP contribution in [0.2, 0.25) is 0 Å². The molecule has 2 saturated carbocycles. The first kappa shape index (κ1) is 28.3. The van der Waals surface area contributed by atoms with Crippen molar-refractivity contribution in [3.05, 3.63) is 45.1 Å². The van der Waals surface area contributed by atoms with Gasteiger partial charge in [0.05, 0.1) is 18.4 Å². The predicted octanol–water partition coefficient (Wildman–Crippen LogP) is 4.98. The molecule has 0 amide bonds. The van der Waals surface area contributed by atoms with Crippen LogP contribution < -0.4 is 4.74 Å².